The summed E-state index contributed by atoms with van der Waals surface area (Å²) in [6, 6.07) is 3.48. The summed E-state index contributed by atoms with van der Waals surface area (Å²) >= 11 is 0. The van der Waals surface area contributed by atoms with Gasteiger partial charge in [0.1, 0.15) is 11.6 Å². The second-order valence-corrected chi connectivity index (χ2v) is 5.92. The van der Waals surface area contributed by atoms with Crippen molar-refractivity contribution < 1.29 is 10.2 Å². The van der Waals surface area contributed by atoms with Crippen LogP contribution in [-0.4, -0.2) is 67.4 Å². The molecule has 2 aromatic rings. The summed E-state index contributed by atoms with van der Waals surface area (Å²) in [6.07, 6.45) is 4.28. The predicted molar refractivity (Wildman–Crippen MR) is 89.0 cm³/mol. The lowest BCUT2D eigenvalue weighted by atomic mass is 10.0. The molecule has 0 saturated carbocycles. The van der Waals surface area contributed by atoms with Crippen molar-refractivity contribution >= 4 is 11.8 Å². The summed E-state index contributed by atoms with van der Waals surface area (Å²) in [5, 5.41) is 21.8. The minimum Gasteiger partial charge on any atom is -0.395 e. The van der Waals surface area contributed by atoms with Crippen LogP contribution in [-0.2, 0) is 0 Å². The first kappa shape index (κ1) is 16.7. The third-order valence-electron chi connectivity index (χ3n) is 4.24. The Labute approximate surface area is 140 Å². The summed E-state index contributed by atoms with van der Waals surface area (Å²) in [7, 11) is 0. The number of nitrogens with zero attached hydrogens (tertiary/aromatic N) is 5. The largest absolute Gasteiger partial charge is 0.395 e. The molecular weight excluding hydrogens is 308 g/mol. The molecule has 8 nitrogen and oxygen atoms in total. The van der Waals surface area contributed by atoms with Gasteiger partial charge in [-0.3, -0.25) is 4.90 Å². The smallest absolute Gasteiger partial charge is 0.228 e. The Morgan fingerprint density at radius 2 is 2.00 bits per heavy atom. The van der Waals surface area contributed by atoms with Crippen LogP contribution in [0.1, 0.15) is 23.9 Å². The molecular formula is C16H22N6O2. The van der Waals surface area contributed by atoms with E-state index in [0.717, 1.165) is 25.2 Å². The van der Waals surface area contributed by atoms with Crippen LogP contribution in [0.3, 0.4) is 0 Å². The topological polar surface area (TPSA) is 107 Å². The predicted octanol–water partition coefficient (Wildman–Crippen LogP) is 0.461. The van der Waals surface area contributed by atoms with E-state index in [-0.39, 0.29) is 25.2 Å². The fraction of sp³-hybridized carbons (Fsp3) is 0.500. The number of likely N-dealkylation sites (tertiary alicyclic amines) is 1. The second-order valence-electron chi connectivity index (χ2n) is 5.92. The van der Waals surface area contributed by atoms with Crippen LogP contribution in [0.4, 0.5) is 11.8 Å². The van der Waals surface area contributed by atoms with Crippen molar-refractivity contribution in [3.8, 4) is 0 Å². The minimum atomic E-state index is -0.201. The number of hydrogen-bond acceptors (Lipinski definition) is 8. The number of aliphatic hydroxyl groups excluding tert-OH is 2. The highest BCUT2D eigenvalue weighted by Crippen LogP contribution is 2.28. The van der Waals surface area contributed by atoms with Crippen LogP contribution in [0.15, 0.2) is 24.5 Å². The van der Waals surface area contributed by atoms with Crippen LogP contribution in [0.25, 0.3) is 0 Å². The van der Waals surface area contributed by atoms with Crippen molar-refractivity contribution in [2.45, 2.75) is 25.3 Å². The highest BCUT2D eigenvalue weighted by Gasteiger charge is 2.29. The Hall–Kier alpha value is -2.16. The van der Waals surface area contributed by atoms with E-state index in [4.69, 9.17) is 0 Å². The Morgan fingerprint density at radius 3 is 2.71 bits per heavy atom. The molecule has 0 aromatic carbocycles. The molecule has 24 heavy (non-hydrogen) atoms. The molecule has 1 fully saturated rings. The molecule has 3 N–H and O–H groups in total. The Kier molecular flexibility index (Phi) is 5.29. The Morgan fingerprint density at radius 1 is 1.25 bits per heavy atom. The van der Waals surface area contributed by atoms with Crippen LogP contribution in [0.2, 0.25) is 0 Å². The molecule has 1 atom stereocenters. The van der Waals surface area contributed by atoms with Gasteiger partial charge in [0.05, 0.1) is 24.9 Å². The number of anilines is 2. The van der Waals surface area contributed by atoms with Crippen LogP contribution in [0.5, 0.6) is 0 Å². The van der Waals surface area contributed by atoms with Crippen molar-refractivity contribution in [1.29, 1.82) is 0 Å². The van der Waals surface area contributed by atoms with Gasteiger partial charge in [0, 0.05) is 30.9 Å². The first-order valence-electron chi connectivity index (χ1n) is 8.05. The van der Waals surface area contributed by atoms with Crippen LogP contribution >= 0.6 is 0 Å². The molecule has 8 heteroatoms. The molecule has 0 aliphatic carbocycles. The fourth-order valence-corrected chi connectivity index (χ4v) is 2.99. The highest BCUT2D eigenvalue weighted by atomic mass is 16.3. The number of aryl methyl sites for hydroxylation is 1. The number of aliphatic hydroxyl groups is 2. The molecule has 0 radical (unpaired) electrons. The van der Waals surface area contributed by atoms with Gasteiger partial charge in [-0.2, -0.15) is 0 Å². The molecule has 1 saturated heterocycles. The summed E-state index contributed by atoms with van der Waals surface area (Å²) in [6.45, 7) is 3.39. The lowest BCUT2D eigenvalue weighted by Gasteiger charge is -2.24. The maximum Gasteiger partial charge on any atom is 0.228 e. The first-order valence-corrected chi connectivity index (χ1v) is 8.05. The van der Waals surface area contributed by atoms with E-state index in [1.54, 1.807) is 18.5 Å². The monoisotopic (exact) mass is 330 g/mol. The molecule has 1 unspecified atom stereocenters. The fourth-order valence-electron chi connectivity index (χ4n) is 2.99. The van der Waals surface area contributed by atoms with Crippen molar-refractivity contribution in [2.24, 2.45) is 0 Å². The van der Waals surface area contributed by atoms with Gasteiger partial charge in [0.15, 0.2) is 0 Å². The standard InChI is InChI=1S/C16H22N6O2/c1-11-19-14(12-3-6-22(8-12)13(9-23)10-24)7-15(20-11)21-16-17-4-2-5-18-16/h2,4-5,7,12-13,23-24H,3,6,8-10H2,1H3,(H,17,18,19,20,21). The normalized spacial score (nSPS) is 18.2. The molecule has 3 rings (SSSR count). The van der Waals surface area contributed by atoms with E-state index in [1.165, 1.54) is 0 Å². The lowest BCUT2D eigenvalue weighted by Crippen LogP contribution is -2.38. The quantitative estimate of drug-likeness (QED) is 0.701. The zero-order valence-electron chi connectivity index (χ0n) is 13.6. The Bertz CT molecular complexity index is 665. The van der Waals surface area contributed by atoms with E-state index in [1.807, 2.05) is 13.0 Å². The number of hydrogen-bond donors (Lipinski definition) is 3. The zero-order chi connectivity index (χ0) is 16.9. The van der Waals surface area contributed by atoms with E-state index in [2.05, 4.69) is 30.2 Å². The SMILES string of the molecule is Cc1nc(Nc2ncccn2)cc(C2CCN(C(CO)CO)C2)n1. The van der Waals surface area contributed by atoms with Gasteiger partial charge in [-0.15, -0.1) is 0 Å². The maximum atomic E-state index is 9.34. The van der Waals surface area contributed by atoms with Gasteiger partial charge < -0.3 is 15.5 Å². The van der Waals surface area contributed by atoms with Crippen molar-refractivity contribution in [2.75, 3.05) is 31.6 Å². The molecule has 3 heterocycles. The summed E-state index contributed by atoms with van der Waals surface area (Å²) < 4.78 is 0. The summed E-state index contributed by atoms with van der Waals surface area (Å²) in [5.74, 6) is 2.10. The molecule has 2 aromatic heterocycles. The zero-order valence-corrected chi connectivity index (χ0v) is 13.6. The average Bonchev–Trinajstić information content (AvgIpc) is 3.06. The number of aromatic nitrogens is 4. The summed E-state index contributed by atoms with van der Waals surface area (Å²) in [5.41, 5.74) is 0.957. The molecule has 128 valence electrons. The van der Waals surface area contributed by atoms with Gasteiger partial charge in [-0.1, -0.05) is 0 Å². The third-order valence-corrected chi connectivity index (χ3v) is 4.24. The second kappa shape index (κ2) is 7.61. The van der Waals surface area contributed by atoms with Gasteiger partial charge in [0.25, 0.3) is 0 Å². The lowest BCUT2D eigenvalue weighted by molar-refractivity contribution is 0.0896. The van der Waals surface area contributed by atoms with Crippen LogP contribution in [0, 0.1) is 6.92 Å². The molecule has 1 aliphatic rings. The van der Waals surface area contributed by atoms with E-state index in [0.29, 0.717) is 17.6 Å². The average molecular weight is 330 g/mol. The van der Waals surface area contributed by atoms with Crippen molar-refractivity contribution in [3.63, 3.8) is 0 Å². The maximum absolute atomic E-state index is 9.34. The van der Waals surface area contributed by atoms with Crippen molar-refractivity contribution in [1.82, 2.24) is 24.8 Å². The molecule has 0 spiro atoms. The van der Waals surface area contributed by atoms with Gasteiger partial charge >= 0.3 is 0 Å². The van der Waals surface area contributed by atoms with Crippen LogP contribution < -0.4 is 5.32 Å². The molecule has 0 bridgehead atoms. The Balaban J connectivity index is 1.75. The van der Waals surface area contributed by atoms with E-state index < -0.39 is 0 Å². The van der Waals surface area contributed by atoms with E-state index >= 15 is 0 Å². The molecule has 1 aliphatic heterocycles. The van der Waals surface area contributed by atoms with Gasteiger partial charge in [-0.25, -0.2) is 19.9 Å². The highest BCUT2D eigenvalue weighted by molar-refractivity contribution is 5.48. The minimum absolute atomic E-state index is 0.0375. The molecule has 0 amide bonds. The summed E-state index contributed by atoms with van der Waals surface area (Å²) in [4.78, 5) is 19.3. The third kappa shape index (κ3) is 3.84. The number of rotatable bonds is 6. The van der Waals surface area contributed by atoms with E-state index in [9.17, 15) is 10.2 Å². The van der Waals surface area contributed by atoms with Crippen molar-refractivity contribution in [3.05, 3.63) is 36.0 Å². The van der Waals surface area contributed by atoms with Gasteiger partial charge in [-0.05, 0) is 26.0 Å². The van der Waals surface area contributed by atoms with Gasteiger partial charge in [0.2, 0.25) is 5.95 Å². The number of nitrogens with one attached hydrogen (secondary N) is 1. The first-order chi connectivity index (χ1) is 11.7.